The van der Waals surface area contributed by atoms with Crippen LogP contribution in [0.3, 0.4) is 0 Å². The molecule has 102 valence electrons. The molecule has 3 rings (SSSR count). The van der Waals surface area contributed by atoms with Gasteiger partial charge in [-0.1, -0.05) is 42.8 Å². The molecule has 2 aromatic carbocycles. The quantitative estimate of drug-likeness (QED) is 0.894. The number of rotatable bonds is 3. The molecule has 0 bridgehead atoms. The van der Waals surface area contributed by atoms with Gasteiger partial charge in [0, 0.05) is 5.56 Å². The molecule has 0 heterocycles. The molecule has 0 amide bonds. The Morgan fingerprint density at radius 1 is 1.10 bits per heavy atom. The van der Waals surface area contributed by atoms with Gasteiger partial charge < -0.3 is 5.11 Å². The Morgan fingerprint density at radius 3 is 2.35 bits per heavy atom. The van der Waals surface area contributed by atoms with Crippen molar-refractivity contribution < 1.29 is 14.3 Å². The van der Waals surface area contributed by atoms with E-state index in [1.165, 1.54) is 30.9 Å². The van der Waals surface area contributed by atoms with Gasteiger partial charge in [-0.15, -0.1) is 0 Å². The maximum absolute atomic E-state index is 14.2. The Bertz CT molecular complexity index is 643. The highest BCUT2D eigenvalue weighted by Crippen LogP contribution is 2.37. The van der Waals surface area contributed by atoms with Crippen LogP contribution in [0.1, 0.15) is 41.1 Å². The molecule has 20 heavy (non-hydrogen) atoms. The number of halogens is 1. The molecule has 0 unspecified atom stereocenters. The maximum Gasteiger partial charge on any atom is 0.338 e. The summed E-state index contributed by atoms with van der Waals surface area (Å²) < 4.78 is 14.2. The van der Waals surface area contributed by atoms with E-state index in [2.05, 4.69) is 0 Å². The van der Waals surface area contributed by atoms with E-state index in [1.54, 1.807) is 12.1 Å². The molecule has 3 heteroatoms. The highest BCUT2D eigenvalue weighted by atomic mass is 19.1. The molecule has 0 spiro atoms. The molecule has 1 N–H and O–H groups in total. The van der Waals surface area contributed by atoms with Crippen LogP contribution in [0.5, 0.6) is 0 Å². The van der Waals surface area contributed by atoms with Gasteiger partial charge in [0.1, 0.15) is 5.82 Å². The molecule has 1 fully saturated rings. The van der Waals surface area contributed by atoms with E-state index in [1.807, 2.05) is 24.3 Å². The molecule has 2 aromatic rings. The van der Waals surface area contributed by atoms with E-state index in [0.29, 0.717) is 17.0 Å². The van der Waals surface area contributed by atoms with Crippen molar-refractivity contribution in [3.05, 3.63) is 59.4 Å². The Kier molecular flexibility index (Phi) is 3.26. The molecule has 2 nitrogen and oxygen atoms in total. The second-order valence-electron chi connectivity index (χ2n) is 5.22. The first-order chi connectivity index (χ1) is 9.66. The van der Waals surface area contributed by atoms with Gasteiger partial charge in [-0.25, -0.2) is 9.18 Å². The van der Waals surface area contributed by atoms with E-state index < -0.39 is 11.8 Å². The Balaban J connectivity index is 1.96. The minimum Gasteiger partial charge on any atom is -0.478 e. The first kappa shape index (κ1) is 12.9. The molecular formula is C17H15FO2. The average Bonchev–Trinajstić information content (AvgIpc) is 2.38. The third-order valence-corrected chi connectivity index (χ3v) is 4.03. The zero-order chi connectivity index (χ0) is 14.1. The van der Waals surface area contributed by atoms with E-state index >= 15 is 0 Å². The van der Waals surface area contributed by atoms with Crippen LogP contribution in [-0.2, 0) is 0 Å². The van der Waals surface area contributed by atoms with Crippen LogP contribution >= 0.6 is 0 Å². The predicted octanol–water partition coefficient (Wildman–Crippen LogP) is 4.46. The standard InChI is InChI=1S/C17H15FO2/c18-16-14(5-2-6-15(16)17(19)20)13-9-7-12(8-10-13)11-3-1-4-11/h2,5-11H,1,3-4H2,(H,19,20). The van der Waals surface area contributed by atoms with Crippen molar-refractivity contribution in [1.29, 1.82) is 0 Å². The summed E-state index contributed by atoms with van der Waals surface area (Å²) in [5.74, 6) is -1.27. The number of carbonyl (C=O) groups is 1. The first-order valence-corrected chi connectivity index (χ1v) is 6.79. The summed E-state index contributed by atoms with van der Waals surface area (Å²) in [7, 11) is 0. The van der Waals surface area contributed by atoms with Crippen molar-refractivity contribution in [2.75, 3.05) is 0 Å². The smallest absolute Gasteiger partial charge is 0.338 e. The second kappa shape index (κ2) is 5.08. The molecule has 0 aromatic heterocycles. The number of carboxylic acids is 1. The lowest BCUT2D eigenvalue weighted by Gasteiger charge is -2.25. The third kappa shape index (κ3) is 2.20. The fourth-order valence-electron chi connectivity index (χ4n) is 2.60. The Labute approximate surface area is 116 Å². The zero-order valence-electron chi connectivity index (χ0n) is 11.0. The summed E-state index contributed by atoms with van der Waals surface area (Å²) in [5, 5.41) is 8.95. The van der Waals surface area contributed by atoms with Crippen LogP contribution in [0, 0.1) is 5.82 Å². The molecule has 1 aliphatic carbocycles. The molecule has 0 atom stereocenters. The van der Waals surface area contributed by atoms with Crippen molar-refractivity contribution >= 4 is 5.97 Å². The van der Waals surface area contributed by atoms with Gasteiger partial charge in [0.2, 0.25) is 0 Å². The molecule has 0 saturated heterocycles. The third-order valence-electron chi connectivity index (χ3n) is 4.03. The van der Waals surface area contributed by atoms with Gasteiger partial charge in [-0.05, 0) is 36.0 Å². The van der Waals surface area contributed by atoms with Gasteiger partial charge in [0.05, 0.1) is 5.56 Å². The molecular weight excluding hydrogens is 255 g/mol. The lowest BCUT2D eigenvalue weighted by atomic mass is 9.80. The number of hydrogen-bond acceptors (Lipinski definition) is 1. The minimum absolute atomic E-state index is 0.287. The van der Waals surface area contributed by atoms with Crippen molar-refractivity contribution in [3.63, 3.8) is 0 Å². The fraction of sp³-hybridized carbons (Fsp3) is 0.235. The number of aromatic carboxylic acids is 1. The van der Waals surface area contributed by atoms with Gasteiger partial charge in [0.15, 0.2) is 0 Å². The molecule has 1 saturated carbocycles. The summed E-state index contributed by atoms with van der Waals surface area (Å²) in [4.78, 5) is 11.0. The van der Waals surface area contributed by atoms with E-state index in [0.717, 1.165) is 0 Å². The maximum atomic E-state index is 14.2. The van der Waals surface area contributed by atoms with Crippen LogP contribution in [0.4, 0.5) is 4.39 Å². The van der Waals surface area contributed by atoms with Gasteiger partial charge in [-0.2, -0.15) is 0 Å². The topological polar surface area (TPSA) is 37.3 Å². The van der Waals surface area contributed by atoms with Crippen molar-refractivity contribution in [2.45, 2.75) is 25.2 Å². The highest BCUT2D eigenvalue weighted by molar-refractivity contribution is 5.90. The van der Waals surface area contributed by atoms with Gasteiger partial charge in [0.25, 0.3) is 0 Å². The minimum atomic E-state index is -1.24. The van der Waals surface area contributed by atoms with Crippen LogP contribution in [0.25, 0.3) is 11.1 Å². The molecule has 1 aliphatic rings. The van der Waals surface area contributed by atoms with Crippen molar-refractivity contribution in [1.82, 2.24) is 0 Å². The van der Waals surface area contributed by atoms with E-state index in [4.69, 9.17) is 5.11 Å². The molecule has 0 aliphatic heterocycles. The van der Waals surface area contributed by atoms with Gasteiger partial charge in [-0.3, -0.25) is 0 Å². The SMILES string of the molecule is O=C(O)c1cccc(-c2ccc(C3CCC3)cc2)c1F. The second-order valence-corrected chi connectivity index (χ2v) is 5.22. The van der Waals surface area contributed by atoms with Crippen LogP contribution in [-0.4, -0.2) is 11.1 Å². The number of benzene rings is 2. The summed E-state index contributed by atoms with van der Waals surface area (Å²) in [5.41, 5.74) is 2.05. The first-order valence-electron chi connectivity index (χ1n) is 6.79. The van der Waals surface area contributed by atoms with Crippen molar-refractivity contribution in [3.8, 4) is 11.1 Å². The van der Waals surface area contributed by atoms with Crippen LogP contribution in [0.15, 0.2) is 42.5 Å². The summed E-state index contributed by atoms with van der Waals surface area (Å²) in [6.07, 6.45) is 3.73. The zero-order valence-corrected chi connectivity index (χ0v) is 11.0. The monoisotopic (exact) mass is 270 g/mol. The van der Waals surface area contributed by atoms with Crippen LogP contribution < -0.4 is 0 Å². The van der Waals surface area contributed by atoms with Gasteiger partial charge >= 0.3 is 5.97 Å². The van der Waals surface area contributed by atoms with Crippen molar-refractivity contribution in [2.24, 2.45) is 0 Å². The number of hydrogen-bond donors (Lipinski definition) is 1. The summed E-state index contributed by atoms with van der Waals surface area (Å²) in [6, 6.07) is 12.2. The fourth-order valence-corrected chi connectivity index (χ4v) is 2.60. The highest BCUT2D eigenvalue weighted by Gasteiger charge is 2.20. The van der Waals surface area contributed by atoms with Crippen LogP contribution in [0.2, 0.25) is 0 Å². The lowest BCUT2D eigenvalue weighted by Crippen LogP contribution is -2.08. The Morgan fingerprint density at radius 2 is 1.80 bits per heavy atom. The molecule has 0 radical (unpaired) electrons. The largest absolute Gasteiger partial charge is 0.478 e. The Hall–Kier alpha value is -2.16. The van der Waals surface area contributed by atoms with E-state index in [9.17, 15) is 9.18 Å². The number of carboxylic acid groups (broad SMARTS) is 1. The predicted molar refractivity (Wildman–Crippen MR) is 75.4 cm³/mol. The average molecular weight is 270 g/mol. The summed E-state index contributed by atoms with van der Waals surface area (Å²) >= 11 is 0. The normalized spacial score (nSPS) is 14.8. The lowest BCUT2D eigenvalue weighted by molar-refractivity contribution is 0.0692. The van der Waals surface area contributed by atoms with E-state index in [-0.39, 0.29) is 5.56 Å². The summed E-state index contributed by atoms with van der Waals surface area (Å²) in [6.45, 7) is 0.